The lowest BCUT2D eigenvalue weighted by atomic mass is 10.1. The number of thioether (sulfide) groups is 1. The summed E-state index contributed by atoms with van der Waals surface area (Å²) in [6.07, 6.45) is 1.63. The minimum absolute atomic E-state index is 0.148. The molecular formula is C24H23ClN4O3S. The number of hydrogen-bond donors (Lipinski definition) is 1. The first-order valence-electron chi connectivity index (χ1n) is 10.2. The Bertz CT molecular complexity index is 1270. The van der Waals surface area contributed by atoms with Gasteiger partial charge in [0.05, 0.1) is 31.4 Å². The number of halogens is 1. The van der Waals surface area contributed by atoms with Gasteiger partial charge in [-0.2, -0.15) is 0 Å². The third-order valence-electron chi connectivity index (χ3n) is 5.08. The van der Waals surface area contributed by atoms with E-state index >= 15 is 0 Å². The fourth-order valence-corrected chi connectivity index (χ4v) is 4.26. The van der Waals surface area contributed by atoms with E-state index in [1.54, 1.807) is 18.4 Å². The smallest absolute Gasteiger partial charge is 0.234 e. The number of amides is 1. The molecule has 0 spiro atoms. The van der Waals surface area contributed by atoms with Gasteiger partial charge in [0.1, 0.15) is 11.5 Å². The van der Waals surface area contributed by atoms with Crippen LogP contribution in [-0.2, 0) is 11.3 Å². The first-order valence-corrected chi connectivity index (χ1v) is 11.6. The number of anilines is 1. The molecule has 4 aromatic rings. The highest BCUT2D eigenvalue weighted by molar-refractivity contribution is 7.99. The van der Waals surface area contributed by atoms with E-state index in [9.17, 15) is 4.79 Å². The van der Waals surface area contributed by atoms with Crippen molar-refractivity contribution < 1.29 is 13.9 Å². The van der Waals surface area contributed by atoms with Gasteiger partial charge in [-0.3, -0.25) is 9.36 Å². The number of carbonyl (C=O) groups is 1. The third kappa shape index (κ3) is 5.23. The highest BCUT2D eigenvalue weighted by Gasteiger charge is 2.19. The number of rotatable bonds is 8. The molecule has 1 N–H and O–H groups in total. The SMILES string of the molecule is COc1cc(Cl)c(C)cc1NC(=O)CSc1nnc(-c2ccccc2C)n1Cc1ccco1. The highest BCUT2D eigenvalue weighted by Crippen LogP contribution is 2.32. The van der Waals surface area contributed by atoms with Crippen LogP contribution in [0.15, 0.2) is 64.4 Å². The molecule has 0 unspecified atom stereocenters. The maximum Gasteiger partial charge on any atom is 0.234 e. The molecule has 0 atom stereocenters. The Balaban J connectivity index is 1.55. The Kier molecular flexibility index (Phi) is 7.05. The topological polar surface area (TPSA) is 82.2 Å². The number of aromatic nitrogens is 3. The monoisotopic (exact) mass is 482 g/mol. The molecule has 2 aromatic carbocycles. The van der Waals surface area contributed by atoms with Crippen LogP contribution in [0.3, 0.4) is 0 Å². The summed E-state index contributed by atoms with van der Waals surface area (Å²) in [5.74, 6) is 1.96. The van der Waals surface area contributed by atoms with Crippen LogP contribution >= 0.6 is 23.4 Å². The Morgan fingerprint density at radius 3 is 2.70 bits per heavy atom. The highest BCUT2D eigenvalue weighted by atomic mass is 35.5. The molecule has 0 radical (unpaired) electrons. The lowest BCUT2D eigenvalue weighted by molar-refractivity contribution is -0.113. The molecule has 170 valence electrons. The first-order chi connectivity index (χ1) is 16.0. The summed E-state index contributed by atoms with van der Waals surface area (Å²) in [5.41, 5.74) is 3.49. The number of nitrogens with zero attached hydrogens (tertiary/aromatic N) is 3. The van der Waals surface area contributed by atoms with Crippen LogP contribution in [0.25, 0.3) is 11.4 Å². The Morgan fingerprint density at radius 1 is 1.15 bits per heavy atom. The van der Waals surface area contributed by atoms with Gasteiger partial charge in [0.2, 0.25) is 5.91 Å². The molecule has 9 heteroatoms. The number of furan rings is 1. The fraction of sp³-hybridized carbons (Fsp3) is 0.208. The normalized spacial score (nSPS) is 10.9. The molecule has 0 fully saturated rings. The van der Waals surface area contributed by atoms with Crippen molar-refractivity contribution >= 4 is 35.0 Å². The van der Waals surface area contributed by atoms with Crippen molar-refractivity contribution in [1.82, 2.24) is 14.8 Å². The van der Waals surface area contributed by atoms with Crippen LogP contribution in [0.1, 0.15) is 16.9 Å². The van der Waals surface area contributed by atoms with Crippen molar-refractivity contribution in [2.75, 3.05) is 18.2 Å². The van der Waals surface area contributed by atoms with Gasteiger partial charge in [-0.15, -0.1) is 10.2 Å². The van der Waals surface area contributed by atoms with Gasteiger partial charge in [-0.25, -0.2) is 0 Å². The van der Waals surface area contributed by atoms with E-state index < -0.39 is 0 Å². The summed E-state index contributed by atoms with van der Waals surface area (Å²) < 4.78 is 12.9. The minimum atomic E-state index is -0.190. The van der Waals surface area contributed by atoms with Crippen LogP contribution in [-0.4, -0.2) is 33.5 Å². The molecule has 0 aliphatic heterocycles. The number of ether oxygens (including phenoxy) is 1. The van der Waals surface area contributed by atoms with E-state index in [1.165, 1.54) is 18.9 Å². The standard InChI is InChI=1S/C24H23ClN4O3S/c1-15-7-4-5-9-18(15)23-27-28-24(29(23)13-17-8-6-10-32-17)33-14-22(30)26-20-11-16(2)19(25)12-21(20)31-3/h4-12H,13-14H2,1-3H3,(H,26,30). The first kappa shape index (κ1) is 22.9. The van der Waals surface area contributed by atoms with Gasteiger partial charge in [0, 0.05) is 16.7 Å². The lowest BCUT2D eigenvalue weighted by Gasteiger charge is -2.13. The number of methoxy groups -OCH3 is 1. The van der Waals surface area contributed by atoms with Gasteiger partial charge in [0.15, 0.2) is 11.0 Å². The number of benzene rings is 2. The summed E-state index contributed by atoms with van der Waals surface area (Å²) in [6.45, 7) is 4.36. The van der Waals surface area contributed by atoms with E-state index in [0.29, 0.717) is 28.2 Å². The summed E-state index contributed by atoms with van der Waals surface area (Å²) in [4.78, 5) is 12.7. The van der Waals surface area contributed by atoms with E-state index in [1.807, 2.05) is 54.8 Å². The number of hydrogen-bond acceptors (Lipinski definition) is 6. The van der Waals surface area contributed by atoms with Crippen molar-refractivity contribution in [3.8, 4) is 17.1 Å². The average Bonchev–Trinajstić information content (AvgIpc) is 3.45. The second-order valence-electron chi connectivity index (χ2n) is 7.43. The maximum absolute atomic E-state index is 12.7. The van der Waals surface area contributed by atoms with Crippen LogP contribution < -0.4 is 10.1 Å². The summed E-state index contributed by atoms with van der Waals surface area (Å²) >= 11 is 7.47. The molecule has 2 aromatic heterocycles. The van der Waals surface area contributed by atoms with Crippen LogP contribution in [0.2, 0.25) is 5.02 Å². The predicted octanol–water partition coefficient (Wildman–Crippen LogP) is 5.60. The molecule has 0 aliphatic carbocycles. The average molecular weight is 483 g/mol. The van der Waals surface area contributed by atoms with E-state index in [4.69, 9.17) is 20.8 Å². The fourth-order valence-electron chi connectivity index (χ4n) is 3.37. The zero-order valence-electron chi connectivity index (χ0n) is 18.5. The van der Waals surface area contributed by atoms with Gasteiger partial charge in [-0.1, -0.05) is 47.6 Å². The Labute approximate surface area is 201 Å². The molecule has 0 bridgehead atoms. The number of nitrogens with one attached hydrogen (secondary N) is 1. The van der Waals surface area contributed by atoms with Crippen molar-refractivity contribution in [2.24, 2.45) is 0 Å². The zero-order chi connectivity index (χ0) is 23.4. The molecule has 2 heterocycles. The Morgan fingerprint density at radius 2 is 1.97 bits per heavy atom. The van der Waals surface area contributed by atoms with Crippen LogP contribution in [0, 0.1) is 13.8 Å². The third-order valence-corrected chi connectivity index (χ3v) is 6.46. The van der Waals surface area contributed by atoms with Crippen LogP contribution in [0.4, 0.5) is 5.69 Å². The van der Waals surface area contributed by atoms with Gasteiger partial charge in [0.25, 0.3) is 0 Å². The van der Waals surface area contributed by atoms with Crippen molar-refractivity contribution in [3.63, 3.8) is 0 Å². The van der Waals surface area contributed by atoms with E-state index in [-0.39, 0.29) is 11.7 Å². The van der Waals surface area contributed by atoms with Crippen molar-refractivity contribution in [2.45, 2.75) is 25.5 Å². The van der Waals surface area contributed by atoms with Gasteiger partial charge in [-0.05, 0) is 43.2 Å². The van der Waals surface area contributed by atoms with E-state index in [2.05, 4.69) is 15.5 Å². The summed E-state index contributed by atoms with van der Waals surface area (Å²) in [7, 11) is 1.54. The number of carbonyl (C=O) groups excluding carboxylic acids is 1. The van der Waals surface area contributed by atoms with Crippen LogP contribution in [0.5, 0.6) is 5.75 Å². The number of aryl methyl sites for hydroxylation is 2. The van der Waals surface area contributed by atoms with Crippen molar-refractivity contribution in [3.05, 3.63) is 76.7 Å². The zero-order valence-corrected chi connectivity index (χ0v) is 20.0. The minimum Gasteiger partial charge on any atom is -0.495 e. The molecule has 7 nitrogen and oxygen atoms in total. The summed E-state index contributed by atoms with van der Waals surface area (Å²) in [6, 6.07) is 15.2. The van der Waals surface area contributed by atoms with Gasteiger partial charge < -0.3 is 14.5 Å². The maximum atomic E-state index is 12.7. The second-order valence-corrected chi connectivity index (χ2v) is 8.77. The quantitative estimate of drug-likeness (QED) is 0.329. The molecule has 0 aliphatic rings. The molecule has 4 rings (SSSR count). The predicted molar refractivity (Wildman–Crippen MR) is 130 cm³/mol. The largest absolute Gasteiger partial charge is 0.495 e. The molecule has 0 saturated heterocycles. The molecule has 1 amide bonds. The van der Waals surface area contributed by atoms with Gasteiger partial charge >= 0.3 is 0 Å². The van der Waals surface area contributed by atoms with E-state index in [0.717, 1.165) is 28.3 Å². The molecule has 33 heavy (non-hydrogen) atoms. The molecular weight excluding hydrogens is 460 g/mol. The molecule has 0 saturated carbocycles. The Hall–Kier alpha value is -3.23. The lowest BCUT2D eigenvalue weighted by Crippen LogP contribution is -2.15. The van der Waals surface area contributed by atoms with Crippen molar-refractivity contribution in [1.29, 1.82) is 0 Å². The summed E-state index contributed by atoms with van der Waals surface area (Å²) in [5, 5.41) is 12.9. The second kappa shape index (κ2) is 10.1.